The Morgan fingerprint density at radius 3 is 2.48 bits per heavy atom. The van der Waals surface area contributed by atoms with Gasteiger partial charge in [0.15, 0.2) is 0 Å². The van der Waals surface area contributed by atoms with Crippen LogP contribution in [0.5, 0.6) is 11.5 Å². The van der Waals surface area contributed by atoms with Crippen molar-refractivity contribution in [2.24, 2.45) is 5.10 Å². The maximum atomic E-state index is 12.0. The molecule has 2 rings (SSSR count). The van der Waals surface area contributed by atoms with Crippen molar-refractivity contribution in [3.05, 3.63) is 58.7 Å². The van der Waals surface area contributed by atoms with Crippen molar-refractivity contribution < 1.29 is 15.0 Å². The van der Waals surface area contributed by atoms with Gasteiger partial charge in [0.1, 0.15) is 11.5 Å². The molecule has 0 saturated carbocycles. The van der Waals surface area contributed by atoms with E-state index in [2.05, 4.69) is 10.5 Å². The van der Waals surface area contributed by atoms with Crippen LogP contribution in [0.4, 0.5) is 0 Å². The Morgan fingerprint density at radius 1 is 1.09 bits per heavy atom. The van der Waals surface area contributed by atoms with Gasteiger partial charge in [-0.15, -0.1) is 0 Å². The van der Waals surface area contributed by atoms with Gasteiger partial charge in [-0.3, -0.25) is 4.79 Å². The van der Waals surface area contributed by atoms with Crippen LogP contribution in [0.2, 0.25) is 0 Å². The molecule has 0 unspecified atom stereocenters. The minimum atomic E-state index is -0.231. The highest BCUT2D eigenvalue weighted by atomic mass is 16.3. The molecule has 0 bridgehead atoms. The number of phenols is 2. The van der Waals surface area contributed by atoms with Gasteiger partial charge in [0.2, 0.25) is 5.91 Å². The number of phenolic OH excluding ortho intramolecular Hbond substituents is 2. The predicted molar refractivity (Wildman–Crippen MR) is 89.7 cm³/mol. The molecule has 5 heteroatoms. The van der Waals surface area contributed by atoms with E-state index in [1.807, 2.05) is 32.0 Å². The first-order valence-electron chi connectivity index (χ1n) is 7.28. The molecule has 0 aliphatic heterocycles. The highest BCUT2D eigenvalue weighted by molar-refractivity contribution is 6.01. The van der Waals surface area contributed by atoms with Crippen molar-refractivity contribution in [3.8, 4) is 11.5 Å². The summed E-state index contributed by atoms with van der Waals surface area (Å²) < 4.78 is 0. The summed E-state index contributed by atoms with van der Waals surface area (Å²) >= 11 is 0. The summed E-state index contributed by atoms with van der Waals surface area (Å²) in [7, 11) is 0. The molecule has 5 nitrogen and oxygen atoms in total. The summed E-state index contributed by atoms with van der Waals surface area (Å²) in [6.07, 6.45) is 0.236. The lowest BCUT2D eigenvalue weighted by Gasteiger charge is -2.07. The second kappa shape index (κ2) is 6.96. The zero-order chi connectivity index (χ0) is 17.0. The number of amides is 1. The number of hydrogen-bond acceptors (Lipinski definition) is 4. The molecule has 3 N–H and O–H groups in total. The van der Waals surface area contributed by atoms with E-state index in [-0.39, 0.29) is 23.8 Å². The number of hydrazone groups is 1. The molecular weight excluding hydrogens is 292 g/mol. The zero-order valence-corrected chi connectivity index (χ0v) is 13.4. The third-order valence-corrected chi connectivity index (χ3v) is 3.66. The van der Waals surface area contributed by atoms with Crippen molar-refractivity contribution in [1.82, 2.24) is 5.43 Å². The molecule has 0 spiro atoms. The van der Waals surface area contributed by atoms with Gasteiger partial charge >= 0.3 is 0 Å². The summed E-state index contributed by atoms with van der Waals surface area (Å²) in [6, 6.07) is 10.1. The van der Waals surface area contributed by atoms with Gasteiger partial charge in [-0.1, -0.05) is 18.2 Å². The molecule has 0 aliphatic carbocycles. The van der Waals surface area contributed by atoms with E-state index in [1.54, 1.807) is 13.0 Å². The molecule has 0 aromatic heterocycles. The molecule has 120 valence electrons. The molecule has 0 radical (unpaired) electrons. The highest BCUT2D eigenvalue weighted by Gasteiger charge is 2.07. The highest BCUT2D eigenvalue weighted by Crippen LogP contribution is 2.22. The largest absolute Gasteiger partial charge is 0.508 e. The first-order chi connectivity index (χ1) is 10.9. The van der Waals surface area contributed by atoms with Crippen LogP contribution < -0.4 is 5.43 Å². The van der Waals surface area contributed by atoms with E-state index in [4.69, 9.17) is 0 Å². The summed E-state index contributed by atoms with van der Waals surface area (Å²) in [5.74, 6) is -0.349. The van der Waals surface area contributed by atoms with Crippen LogP contribution in [0.15, 0.2) is 41.5 Å². The average molecular weight is 312 g/mol. The van der Waals surface area contributed by atoms with E-state index >= 15 is 0 Å². The second-order valence-electron chi connectivity index (χ2n) is 5.53. The maximum Gasteiger partial charge on any atom is 0.244 e. The van der Waals surface area contributed by atoms with E-state index < -0.39 is 0 Å². The lowest BCUT2D eigenvalue weighted by molar-refractivity contribution is -0.120. The lowest BCUT2D eigenvalue weighted by atomic mass is 10.0. The van der Waals surface area contributed by atoms with E-state index in [9.17, 15) is 15.0 Å². The van der Waals surface area contributed by atoms with E-state index in [0.29, 0.717) is 11.3 Å². The number of hydrogen-bond donors (Lipinski definition) is 3. The van der Waals surface area contributed by atoms with Gasteiger partial charge < -0.3 is 10.2 Å². The van der Waals surface area contributed by atoms with Crippen LogP contribution in [-0.4, -0.2) is 21.8 Å². The standard InChI is InChI=1S/C18H20N2O3/c1-11-4-5-14(8-12(11)2)9-18(23)20-19-13(3)16-7-6-15(21)10-17(16)22/h4-8,10,21-22H,9H2,1-3H3,(H,20,23)/b19-13-. The van der Waals surface area contributed by atoms with Gasteiger partial charge in [-0.2, -0.15) is 5.10 Å². The normalized spacial score (nSPS) is 11.3. The van der Waals surface area contributed by atoms with Crippen LogP contribution in [-0.2, 0) is 11.2 Å². The third-order valence-electron chi connectivity index (χ3n) is 3.66. The van der Waals surface area contributed by atoms with Crippen LogP contribution in [0, 0.1) is 13.8 Å². The van der Waals surface area contributed by atoms with Crippen molar-refractivity contribution >= 4 is 11.6 Å². The Morgan fingerprint density at radius 2 is 1.83 bits per heavy atom. The number of nitrogens with zero attached hydrogens (tertiary/aromatic N) is 1. The molecule has 0 aliphatic rings. The van der Waals surface area contributed by atoms with Gasteiger partial charge in [0.05, 0.1) is 12.1 Å². The minimum absolute atomic E-state index is 0.0298. The number of aromatic hydroxyl groups is 2. The quantitative estimate of drug-likeness (QED) is 0.600. The molecule has 2 aromatic carbocycles. The fourth-order valence-corrected chi connectivity index (χ4v) is 2.17. The Labute approximate surface area is 135 Å². The molecular formula is C18H20N2O3. The van der Waals surface area contributed by atoms with E-state index in [0.717, 1.165) is 11.1 Å². The number of benzene rings is 2. The van der Waals surface area contributed by atoms with Gasteiger partial charge in [-0.05, 0) is 49.6 Å². The van der Waals surface area contributed by atoms with Crippen molar-refractivity contribution in [3.63, 3.8) is 0 Å². The van der Waals surface area contributed by atoms with E-state index in [1.165, 1.54) is 17.7 Å². The first kappa shape index (κ1) is 16.5. The van der Waals surface area contributed by atoms with Crippen molar-refractivity contribution in [2.45, 2.75) is 27.2 Å². The molecule has 1 amide bonds. The Hall–Kier alpha value is -2.82. The summed E-state index contributed by atoms with van der Waals surface area (Å²) in [5.41, 5.74) is 6.64. The number of nitrogens with one attached hydrogen (secondary N) is 1. The smallest absolute Gasteiger partial charge is 0.244 e. The first-order valence-corrected chi connectivity index (χ1v) is 7.28. The minimum Gasteiger partial charge on any atom is -0.508 e. The topological polar surface area (TPSA) is 81.9 Å². The number of carbonyl (C=O) groups excluding carboxylic acids is 1. The van der Waals surface area contributed by atoms with Gasteiger partial charge in [-0.25, -0.2) is 5.43 Å². The Kier molecular flexibility index (Phi) is 5.01. The van der Waals surface area contributed by atoms with Gasteiger partial charge in [0.25, 0.3) is 0 Å². The number of carbonyl (C=O) groups is 1. The zero-order valence-electron chi connectivity index (χ0n) is 13.4. The predicted octanol–water partition coefficient (Wildman–Crippen LogP) is 2.80. The van der Waals surface area contributed by atoms with Crippen LogP contribution in [0.1, 0.15) is 29.2 Å². The molecule has 0 fully saturated rings. The summed E-state index contributed by atoms with van der Waals surface area (Å²) in [5, 5.41) is 23.0. The second-order valence-corrected chi connectivity index (χ2v) is 5.53. The molecule has 2 aromatic rings. The molecule has 0 atom stereocenters. The fraction of sp³-hybridized carbons (Fsp3) is 0.222. The van der Waals surface area contributed by atoms with Crippen LogP contribution in [0.3, 0.4) is 0 Å². The van der Waals surface area contributed by atoms with Crippen molar-refractivity contribution in [2.75, 3.05) is 0 Å². The number of rotatable bonds is 4. The van der Waals surface area contributed by atoms with Crippen LogP contribution >= 0.6 is 0 Å². The Bertz CT molecular complexity index is 767. The summed E-state index contributed by atoms with van der Waals surface area (Å²) in [6.45, 7) is 5.70. The monoisotopic (exact) mass is 312 g/mol. The van der Waals surface area contributed by atoms with Crippen molar-refractivity contribution in [1.29, 1.82) is 0 Å². The number of aryl methyl sites for hydroxylation is 2. The molecule has 23 heavy (non-hydrogen) atoms. The Balaban J connectivity index is 2.03. The fourth-order valence-electron chi connectivity index (χ4n) is 2.17. The van der Waals surface area contributed by atoms with Gasteiger partial charge in [0, 0.05) is 11.6 Å². The average Bonchev–Trinajstić information content (AvgIpc) is 2.48. The third kappa shape index (κ3) is 4.32. The summed E-state index contributed by atoms with van der Waals surface area (Å²) in [4.78, 5) is 12.0. The lowest BCUT2D eigenvalue weighted by Crippen LogP contribution is -2.21. The SMILES string of the molecule is C/C(=N/NC(=O)Cc1ccc(C)c(C)c1)c1ccc(O)cc1O. The molecule has 0 saturated heterocycles. The van der Waals surface area contributed by atoms with Crippen LogP contribution in [0.25, 0.3) is 0 Å². The molecule has 0 heterocycles. The maximum absolute atomic E-state index is 12.0.